The summed E-state index contributed by atoms with van der Waals surface area (Å²) in [6.45, 7) is 4.07. The number of anilines is 1. The lowest BCUT2D eigenvalue weighted by molar-refractivity contribution is 0.257. The Hall–Kier alpha value is -3.07. The number of nitrogens with zero attached hydrogens (tertiary/aromatic N) is 3. The molecule has 0 aliphatic heterocycles. The van der Waals surface area contributed by atoms with Gasteiger partial charge in [0.05, 0.1) is 12.8 Å². The Kier molecular flexibility index (Phi) is 6.13. The Labute approximate surface area is 184 Å². The van der Waals surface area contributed by atoms with Crippen LogP contribution in [0.3, 0.4) is 0 Å². The molecule has 1 aromatic carbocycles. The molecule has 2 N–H and O–H groups in total. The molecule has 0 unspecified atom stereocenters. The number of hydrogen-bond acceptors (Lipinski definition) is 5. The first-order chi connectivity index (χ1) is 15.0. The average Bonchev–Trinajstić information content (AvgIpc) is 3.44. The number of aromatic nitrogens is 3. The molecule has 9 heteroatoms. The number of ether oxygens (including phenoxy) is 1. The zero-order chi connectivity index (χ0) is 22.0. The van der Waals surface area contributed by atoms with Crippen LogP contribution in [0.15, 0.2) is 41.7 Å². The predicted octanol–water partition coefficient (Wildman–Crippen LogP) is 4.99. The van der Waals surface area contributed by atoms with Crippen LogP contribution in [-0.2, 0) is 12.8 Å². The summed E-state index contributed by atoms with van der Waals surface area (Å²) < 4.78 is 24.6. The van der Waals surface area contributed by atoms with Gasteiger partial charge in [-0.1, -0.05) is 0 Å². The molecule has 1 aliphatic rings. The van der Waals surface area contributed by atoms with Gasteiger partial charge < -0.3 is 10.1 Å². The highest BCUT2D eigenvalue weighted by atomic mass is 32.2. The van der Waals surface area contributed by atoms with Crippen LogP contribution >= 0.6 is 11.9 Å². The van der Waals surface area contributed by atoms with Crippen molar-refractivity contribution in [3.63, 3.8) is 0 Å². The lowest BCUT2D eigenvalue weighted by Gasteiger charge is -2.17. The van der Waals surface area contributed by atoms with Crippen LogP contribution in [0.2, 0.25) is 0 Å². The average molecular weight is 442 g/mol. The minimum Gasteiger partial charge on any atom is -0.481 e. The van der Waals surface area contributed by atoms with Crippen LogP contribution in [0.5, 0.6) is 5.88 Å². The van der Waals surface area contributed by atoms with E-state index >= 15 is 0 Å². The van der Waals surface area contributed by atoms with Gasteiger partial charge in [-0.25, -0.2) is 14.2 Å². The van der Waals surface area contributed by atoms with E-state index in [1.165, 1.54) is 13.2 Å². The van der Waals surface area contributed by atoms with Gasteiger partial charge in [-0.2, -0.15) is 5.10 Å². The van der Waals surface area contributed by atoms with Crippen molar-refractivity contribution in [1.29, 1.82) is 0 Å². The summed E-state index contributed by atoms with van der Waals surface area (Å²) in [5.41, 5.74) is 3.45. The molecule has 1 aliphatic carbocycles. The highest BCUT2D eigenvalue weighted by molar-refractivity contribution is 7.97. The first-order valence-electron chi connectivity index (χ1n) is 10.1. The van der Waals surface area contributed by atoms with Gasteiger partial charge in [0.15, 0.2) is 0 Å². The molecule has 0 spiro atoms. The van der Waals surface area contributed by atoms with Crippen LogP contribution in [0.25, 0.3) is 11.1 Å². The number of urea groups is 1. The number of hydrogen-bond donors (Lipinski definition) is 2. The molecular weight excluding hydrogens is 417 g/mol. The third-order valence-electron chi connectivity index (χ3n) is 5.20. The molecule has 2 aromatic heterocycles. The van der Waals surface area contributed by atoms with Crippen molar-refractivity contribution in [2.24, 2.45) is 0 Å². The fraction of sp³-hybridized carbons (Fsp3) is 0.318. The number of amides is 2. The molecule has 162 valence electrons. The first kappa shape index (κ1) is 21.2. The monoisotopic (exact) mass is 441 g/mol. The largest absolute Gasteiger partial charge is 0.481 e. The van der Waals surface area contributed by atoms with Crippen molar-refractivity contribution in [3.05, 3.63) is 53.6 Å². The van der Waals surface area contributed by atoms with Gasteiger partial charge in [0, 0.05) is 42.0 Å². The minimum atomic E-state index is -0.396. The lowest BCUT2D eigenvalue weighted by Crippen LogP contribution is -2.24. The van der Waals surface area contributed by atoms with E-state index in [4.69, 9.17) is 4.74 Å². The quantitative estimate of drug-likeness (QED) is 0.527. The fourth-order valence-electron chi connectivity index (χ4n) is 3.69. The van der Waals surface area contributed by atoms with Gasteiger partial charge in [-0.15, -0.1) is 0 Å². The molecular formula is C22H24FN5O2S. The van der Waals surface area contributed by atoms with Gasteiger partial charge in [0.25, 0.3) is 0 Å². The fourth-order valence-corrected chi connectivity index (χ4v) is 4.20. The number of pyridine rings is 1. The number of carbonyl (C=O) groups is 1. The highest BCUT2D eigenvalue weighted by Crippen LogP contribution is 2.39. The van der Waals surface area contributed by atoms with E-state index in [9.17, 15) is 9.18 Å². The number of fused-ring (bicyclic) bond motifs is 1. The molecule has 0 fully saturated rings. The maximum Gasteiger partial charge on any atom is 0.329 e. The van der Waals surface area contributed by atoms with E-state index in [1.54, 1.807) is 18.3 Å². The second-order valence-electron chi connectivity index (χ2n) is 7.56. The van der Waals surface area contributed by atoms with Gasteiger partial charge in [0.2, 0.25) is 5.88 Å². The highest BCUT2D eigenvalue weighted by Gasteiger charge is 2.24. The van der Waals surface area contributed by atoms with Crippen molar-refractivity contribution in [2.45, 2.75) is 44.2 Å². The molecule has 0 atom stereocenters. The maximum absolute atomic E-state index is 14.8. The zero-order valence-electron chi connectivity index (χ0n) is 17.6. The summed E-state index contributed by atoms with van der Waals surface area (Å²) in [6.07, 6.45) is 5.70. The predicted molar refractivity (Wildman–Crippen MR) is 119 cm³/mol. The summed E-state index contributed by atoms with van der Waals surface area (Å²) in [5.74, 6) is 0.169. The summed E-state index contributed by atoms with van der Waals surface area (Å²) in [6, 6.07) is 6.67. The molecule has 0 saturated carbocycles. The summed E-state index contributed by atoms with van der Waals surface area (Å²) >= 11 is 1.13. The standard InChI is InChI=1S/C22H24FN5O2S/c1-13(2)28-10-8-20(26-28)31-27-22(29)25-21-16-6-4-5-15(16)18(23)12-17(21)14-7-9-24-19(11-14)30-3/h7-13H,4-6H2,1-3H3,(H2,25,27,29). The molecule has 0 saturated heterocycles. The van der Waals surface area contributed by atoms with Gasteiger partial charge in [-0.3, -0.25) is 9.40 Å². The molecule has 2 heterocycles. The molecule has 2 amide bonds. The van der Waals surface area contributed by atoms with Crippen molar-refractivity contribution in [1.82, 2.24) is 19.5 Å². The van der Waals surface area contributed by atoms with E-state index in [0.29, 0.717) is 40.6 Å². The smallest absolute Gasteiger partial charge is 0.329 e. The third-order valence-corrected chi connectivity index (χ3v) is 5.92. The number of methoxy groups -OCH3 is 1. The van der Waals surface area contributed by atoms with Crippen LogP contribution in [0.4, 0.5) is 14.9 Å². The SMILES string of the molecule is COc1cc(-c2cc(F)c3c(c2NC(=O)NSc2ccn(C(C)C)n2)CCC3)ccn1. The summed E-state index contributed by atoms with van der Waals surface area (Å²) in [4.78, 5) is 16.8. The first-order valence-corrected chi connectivity index (χ1v) is 10.9. The second-order valence-corrected chi connectivity index (χ2v) is 8.39. The van der Waals surface area contributed by atoms with E-state index in [1.807, 2.05) is 30.8 Å². The lowest BCUT2D eigenvalue weighted by atomic mass is 9.97. The van der Waals surface area contributed by atoms with Crippen molar-refractivity contribution < 1.29 is 13.9 Å². The normalized spacial score (nSPS) is 12.7. The second kappa shape index (κ2) is 8.97. The van der Waals surface area contributed by atoms with Crippen LogP contribution in [-0.4, -0.2) is 27.9 Å². The van der Waals surface area contributed by atoms with E-state index in [2.05, 4.69) is 20.1 Å². The molecule has 31 heavy (non-hydrogen) atoms. The topological polar surface area (TPSA) is 81.1 Å². The Morgan fingerprint density at radius 2 is 2.06 bits per heavy atom. The molecule has 3 aromatic rings. The Bertz CT molecular complexity index is 1120. The van der Waals surface area contributed by atoms with E-state index < -0.39 is 6.03 Å². The van der Waals surface area contributed by atoms with Crippen molar-refractivity contribution in [3.8, 4) is 17.0 Å². The van der Waals surface area contributed by atoms with Gasteiger partial charge in [0.1, 0.15) is 10.8 Å². The number of nitrogens with one attached hydrogen (secondary N) is 2. The Morgan fingerprint density at radius 1 is 1.26 bits per heavy atom. The van der Waals surface area contributed by atoms with Gasteiger partial charge in [-0.05, 0) is 68.0 Å². The van der Waals surface area contributed by atoms with E-state index in [0.717, 1.165) is 29.5 Å². The van der Waals surface area contributed by atoms with Gasteiger partial charge >= 0.3 is 6.03 Å². The zero-order valence-corrected chi connectivity index (χ0v) is 18.4. The summed E-state index contributed by atoms with van der Waals surface area (Å²) in [5, 5.41) is 8.04. The minimum absolute atomic E-state index is 0.241. The molecule has 0 bridgehead atoms. The van der Waals surface area contributed by atoms with Crippen LogP contribution < -0.4 is 14.8 Å². The number of benzene rings is 1. The van der Waals surface area contributed by atoms with Crippen LogP contribution in [0, 0.1) is 5.82 Å². The van der Waals surface area contributed by atoms with E-state index in [-0.39, 0.29) is 11.9 Å². The number of carbonyl (C=O) groups excluding carboxylic acids is 1. The number of halogens is 1. The van der Waals surface area contributed by atoms with Crippen LogP contribution in [0.1, 0.15) is 37.4 Å². The summed E-state index contributed by atoms with van der Waals surface area (Å²) in [7, 11) is 1.53. The third kappa shape index (κ3) is 4.51. The van der Waals surface area contributed by atoms with Crippen molar-refractivity contribution in [2.75, 3.05) is 12.4 Å². The molecule has 7 nitrogen and oxygen atoms in total. The molecule has 0 radical (unpaired) electrons. The Morgan fingerprint density at radius 3 is 2.81 bits per heavy atom. The number of rotatable bonds is 6. The Balaban J connectivity index is 1.60. The maximum atomic E-state index is 14.8. The molecule has 4 rings (SSSR count). The van der Waals surface area contributed by atoms with Crippen molar-refractivity contribution >= 4 is 23.7 Å².